The quantitative estimate of drug-likeness (QED) is 0.0113. The van der Waals surface area contributed by atoms with Crippen LogP contribution in [0.25, 0.3) is 33.4 Å². The smallest absolute Gasteiger partial charge is 0.336 e. The van der Waals surface area contributed by atoms with E-state index in [2.05, 4.69) is 31.9 Å². The zero-order valence-electron chi connectivity index (χ0n) is 56.7. The number of aliphatic carboxylic acids is 5. The molecule has 3 aliphatic rings. The van der Waals surface area contributed by atoms with E-state index in [1.165, 1.54) is 0 Å². The molecule has 1 saturated heterocycles. The maximum atomic E-state index is 14.9. The first-order valence-corrected chi connectivity index (χ1v) is 34.8. The number of imide groups is 1. The van der Waals surface area contributed by atoms with Gasteiger partial charge in [-0.2, -0.15) is 0 Å². The van der Waals surface area contributed by atoms with Crippen molar-refractivity contribution in [3.63, 3.8) is 0 Å². The fourth-order valence-corrected chi connectivity index (χ4v) is 13.2. The molecule has 568 valence electrons. The van der Waals surface area contributed by atoms with E-state index in [1.54, 1.807) is 74.5 Å². The Hall–Kier alpha value is -12.0. The van der Waals surface area contributed by atoms with E-state index in [1.807, 2.05) is 10.6 Å². The van der Waals surface area contributed by atoms with Crippen molar-refractivity contribution in [2.24, 2.45) is 5.73 Å². The standard InChI is InChI=1S/C69H73F2N10O24PS/c1-69(2,106-20-19-73-53(84)17-15-42(64(97)98)79-68(104)80-43(65(99)100)16-18-55(86)87)67(103)78-45(22-33-11-7-4-8-12-33)60(92)76-44(21-32-9-5-3-6-10-32)59(91)74-30-41(72)58(90)75-46(26-56(88)89)61(93)77-47(66(101)102)31-107-52-29-54(85)81(62(52)94)34-13-14-35(36(23-34)63(95)96)57-37-24-39(70)48(82)27-50(37)105-51-28-49(83)40(71)25-38(51)57/h3-14,23-25,27-28,41-47,52,82,106H,15-22,26,29-31,72H2,1-2H3,(H,73,84)(H,74,91)(H,75,90)(H,76,92)(H,77,93)(H,78,103)(H,86,87)(H,88,89)(H,95,96)(H,97,98)(H,99,100)(H,101,102)(H2,79,80,104)/t41-,42-,43-,44-,45-,46-,47-,52?/m0/s1. The van der Waals surface area contributed by atoms with E-state index in [-0.39, 0.29) is 73.2 Å². The molecule has 34 nitrogen and oxygen atoms in total. The van der Waals surface area contributed by atoms with Crippen LogP contribution in [0.3, 0.4) is 0 Å². The third kappa shape index (κ3) is 22.8. The minimum atomic E-state index is -2.04. The monoisotopic (exact) mass is 1530 g/mol. The molecule has 2 unspecified atom stereocenters. The summed E-state index contributed by atoms with van der Waals surface area (Å²) in [4.78, 5) is 207. The minimum Gasteiger partial charge on any atom is -0.505 e. The lowest BCUT2D eigenvalue weighted by Gasteiger charge is -2.28. The Morgan fingerprint density at radius 2 is 1.20 bits per heavy atom. The van der Waals surface area contributed by atoms with Crippen molar-refractivity contribution in [1.29, 1.82) is 0 Å². The number of nitrogens with zero attached hydrogens (tertiary/aromatic N) is 1. The van der Waals surface area contributed by atoms with E-state index in [0.29, 0.717) is 27.8 Å². The van der Waals surface area contributed by atoms with Gasteiger partial charge in [0.1, 0.15) is 53.6 Å². The van der Waals surface area contributed by atoms with Crippen LogP contribution in [-0.4, -0.2) is 203 Å². The predicted octanol–water partition coefficient (Wildman–Crippen LogP) is 1.46. The molecule has 2 heterocycles. The third-order valence-corrected chi connectivity index (χ3v) is 19.5. The summed E-state index contributed by atoms with van der Waals surface area (Å²) in [6, 6.07) is 9.91. The molecule has 0 spiro atoms. The van der Waals surface area contributed by atoms with Gasteiger partial charge in [0.15, 0.2) is 17.4 Å². The Morgan fingerprint density at radius 3 is 1.78 bits per heavy atom. The number of aromatic hydroxyl groups is 1. The van der Waals surface area contributed by atoms with Crippen molar-refractivity contribution in [2.45, 2.75) is 118 Å². The number of thioether (sulfide) groups is 1. The summed E-state index contributed by atoms with van der Waals surface area (Å²) >= 11 is 0.559. The van der Waals surface area contributed by atoms with Crippen molar-refractivity contribution in [3.8, 4) is 28.2 Å². The highest BCUT2D eigenvalue weighted by Gasteiger charge is 2.42. The van der Waals surface area contributed by atoms with Gasteiger partial charge in [0.25, 0.3) is 0 Å². The van der Waals surface area contributed by atoms with Gasteiger partial charge >= 0.3 is 41.8 Å². The summed E-state index contributed by atoms with van der Waals surface area (Å²) in [5.41, 5.74) is 4.34. The third-order valence-electron chi connectivity index (χ3n) is 16.5. The highest BCUT2D eigenvalue weighted by molar-refractivity contribution is 8.00. The number of hydrogen-bond acceptors (Lipinski definition) is 20. The Kier molecular flexibility index (Phi) is 28.6. The molecule has 9 atom stereocenters. The number of nitrogens with two attached hydrogens (primary N) is 1. The Labute approximate surface area is 610 Å². The first-order chi connectivity index (χ1) is 50.5. The van der Waals surface area contributed by atoms with E-state index in [9.17, 15) is 116 Å². The van der Waals surface area contributed by atoms with Crippen molar-refractivity contribution in [3.05, 3.63) is 142 Å². The molecule has 0 aromatic heterocycles. The highest BCUT2D eigenvalue weighted by atomic mass is 32.2. The first-order valence-electron chi connectivity index (χ1n) is 32.5. The normalized spacial score (nSPS) is 14.9. The zero-order chi connectivity index (χ0) is 78.7. The number of rotatable bonds is 38. The number of aromatic carboxylic acids is 1. The number of phenolic OH excluding ortho intramolecular Hbond substituents is 1. The molecular formula is C69H73F2N10O24PS. The van der Waals surface area contributed by atoms with Crippen molar-refractivity contribution in [2.75, 3.05) is 29.9 Å². The van der Waals surface area contributed by atoms with Gasteiger partial charge in [-0.1, -0.05) is 66.7 Å². The van der Waals surface area contributed by atoms with Crippen LogP contribution in [0.15, 0.2) is 112 Å². The molecule has 4 aromatic rings. The van der Waals surface area contributed by atoms with Crippen LogP contribution in [-0.2, 0) is 75.2 Å². The minimum absolute atomic E-state index is 0.0111. The molecule has 0 saturated carbocycles. The fraction of sp³-hybridized carbons (Fsp3) is 0.333. The number of carboxylic acid groups (broad SMARTS) is 6. The number of phenols is 1. The lowest BCUT2D eigenvalue weighted by atomic mass is 9.90. The number of carbonyl (C=O) groups excluding carboxylic acids is 9. The number of halogens is 2. The van der Waals surface area contributed by atoms with Crippen LogP contribution < -0.4 is 58.6 Å². The number of amides is 10. The van der Waals surface area contributed by atoms with Crippen LogP contribution in [0.5, 0.6) is 5.75 Å². The molecule has 10 amide bonds. The number of carbonyl (C=O) groups is 15. The summed E-state index contributed by atoms with van der Waals surface area (Å²) in [6.45, 7) is 2.41. The molecule has 2 aliphatic heterocycles. The Bertz CT molecular complexity index is 4480. The molecule has 7 rings (SSSR count). The summed E-state index contributed by atoms with van der Waals surface area (Å²) in [5.74, 6) is -21.4. The fourth-order valence-electron chi connectivity index (χ4n) is 10.9. The van der Waals surface area contributed by atoms with Gasteiger partial charge < -0.3 is 88.4 Å². The van der Waals surface area contributed by atoms with Gasteiger partial charge in [0.05, 0.1) is 28.1 Å². The molecule has 107 heavy (non-hydrogen) atoms. The average molecular weight is 1530 g/mol. The molecule has 1 fully saturated rings. The molecule has 0 bridgehead atoms. The Morgan fingerprint density at radius 1 is 0.626 bits per heavy atom. The van der Waals surface area contributed by atoms with Gasteiger partial charge in [-0.05, 0) is 73.8 Å². The van der Waals surface area contributed by atoms with Crippen molar-refractivity contribution in [1.82, 2.24) is 42.5 Å². The van der Waals surface area contributed by atoms with Crippen LogP contribution in [0, 0.1) is 11.6 Å². The number of nitrogens with one attached hydrogen (secondary N) is 8. The van der Waals surface area contributed by atoms with Crippen LogP contribution in [0.2, 0.25) is 0 Å². The van der Waals surface area contributed by atoms with Gasteiger partial charge in [0.2, 0.25) is 52.7 Å². The topological polar surface area (TPSA) is 553 Å². The number of fused-ring (bicyclic) bond motifs is 2. The molecule has 0 radical (unpaired) electrons. The summed E-state index contributed by atoms with van der Waals surface area (Å²) < 4.78 is 35.3. The molecule has 4 aromatic carbocycles. The van der Waals surface area contributed by atoms with Crippen molar-refractivity contribution >= 4 is 126 Å². The number of urea groups is 1. The van der Waals surface area contributed by atoms with Gasteiger partial charge in [-0.15, -0.1) is 20.3 Å². The maximum absolute atomic E-state index is 14.9. The second-order valence-electron chi connectivity index (χ2n) is 24.8. The van der Waals surface area contributed by atoms with Crippen molar-refractivity contribution < 1.29 is 121 Å². The van der Waals surface area contributed by atoms with Gasteiger partial charge in [-0.3, -0.25) is 52.7 Å². The largest absolute Gasteiger partial charge is 0.505 e. The highest BCUT2D eigenvalue weighted by Crippen LogP contribution is 2.44. The zero-order valence-corrected chi connectivity index (χ0v) is 58.5. The molecule has 17 N–H and O–H groups in total. The molecule has 1 aliphatic carbocycles. The molecular weight excluding hydrogens is 1450 g/mol. The summed E-state index contributed by atoms with van der Waals surface area (Å²) in [6.07, 6.45) is -3.79. The van der Waals surface area contributed by atoms with E-state index in [4.69, 9.17) is 15.3 Å². The lowest BCUT2D eigenvalue weighted by molar-refractivity contribution is -0.143. The average Bonchev–Trinajstić information content (AvgIpc) is 1.20. The summed E-state index contributed by atoms with van der Waals surface area (Å²) in [5, 5.41) is 84.4. The number of hydrogen-bond donors (Lipinski definition) is 16. The van der Waals surface area contributed by atoms with E-state index in [0.717, 1.165) is 42.5 Å². The van der Waals surface area contributed by atoms with Crippen LogP contribution in [0.4, 0.5) is 19.3 Å². The predicted molar refractivity (Wildman–Crippen MR) is 376 cm³/mol. The second kappa shape index (κ2) is 37.1. The van der Waals surface area contributed by atoms with Crippen LogP contribution in [0.1, 0.15) is 73.9 Å². The van der Waals surface area contributed by atoms with E-state index >= 15 is 0 Å². The Balaban J connectivity index is 0.953. The van der Waals surface area contributed by atoms with E-state index < -0.39 is 221 Å². The number of benzene rings is 5. The SMILES string of the molecule is CC(C)(PCCNC(=O)CC[C@H](NC(=O)N[C@@H](CCC(=O)O)C(=O)O)C(=O)O)C(=O)N[C@@H](Cc1ccccc1)C(=O)N[C@@H](Cc1ccccc1)C(=O)NC[C@H](N)C(=O)N[C@@H](CC(=O)O)C(=O)N[C@@H](CSC1CC(=O)N(c2ccc(-c3c4cc(F)c(=O)cc-4oc4cc(O)c(F)cc34)c(C(=O)O)c2)C1=O)C(=O)O. The van der Waals surface area contributed by atoms with Crippen LogP contribution >= 0.6 is 20.3 Å². The first kappa shape index (κ1) is 82.3. The van der Waals surface area contributed by atoms with Gasteiger partial charge in [-0.25, -0.2) is 37.7 Å². The summed E-state index contributed by atoms with van der Waals surface area (Å²) in [7, 11) is -0.212. The lowest BCUT2D eigenvalue weighted by Crippen LogP contribution is -2.59. The van der Waals surface area contributed by atoms with Gasteiger partial charge in [0, 0.05) is 79.6 Å². The number of carboxylic acids is 6. The second-order valence-corrected chi connectivity index (χ2v) is 28.2. The maximum Gasteiger partial charge on any atom is 0.336 e. The number of anilines is 1. The molecule has 38 heteroatoms.